The van der Waals surface area contributed by atoms with E-state index in [4.69, 9.17) is 0 Å². The molecule has 5 heteroatoms. The summed E-state index contributed by atoms with van der Waals surface area (Å²) >= 11 is 0. The molecular formula is C10H17N3O2. The molecule has 0 atom stereocenters. The second kappa shape index (κ2) is 5.48. The van der Waals surface area contributed by atoms with Crippen LogP contribution in [0.2, 0.25) is 0 Å². The third-order valence-corrected chi connectivity index (χ3v) is 2.50. The van der Waals surface area contributed by atoms with Gasteiger partial charge in [0.2, 0.25) is 0 Å². The summed E-state index contributed by atoms with van der Waals surface area (Å²) in [5.74, 6) is 0.221. The fourth-order valence-electron chi connectivity index (χ4n) is 1.38. The Morgan fingerprint density at radius 3 is 2.73 bits per heavy atom. The zero-order valence-electron chi connectivity index (χ0n) is 9.43. The Labute approximate surface area is 89.5 Å². The Balaban J connectivity index is 2.63. The van der Waals surface area contributed by atoms with Crippen molar-refractivity contribution in [2.45, 2.75) is 33.2 Å². The molecule has 1 aromatic rings. The van der Waals surface area contributed by atoms with Crippen molar-refractivity contribution < 1.29 is 9.53 Å². The fourth-order valence-corrected chi connectivity index (χ4v) is 1.38. The van der Waals surface area contributed by atoms with Crippen LogP contribution in [0.25, 0.3) is 0 Å². The molecule has 0 aliphatic carbocycles. The molecule has 1 rings (SSSR count). The number of aromatic nitrogens is 3. The molecule has 0 bridgehead atoms. The topological polar surface area (TPSA) is 57.0 Å². The van der Waals surface area contributed by atoms with Gasteiger partial charge < -0.3 is 4.74 Å². The summed E-state index contributed by atoms with van der Waals surface area (Å²) in [4.78, 5) is 15.0. The fraction of sp³-hybridized carbons (Fsp3) is 0.700. The molecule has 0 aromatic carbocycles. The minimum Gasteiger partial charge on any atom is -0.463 e. The third-order valence-electron chi connectivity index (χ3n) is 2.50. The van der Waals surface area contributed by atoms with Crippen molar-refractivity contribution in [3.63, 3.8) is 0 Å². The van der Waals surface area contributed by atoms with Crippen LogP contribution in [-0.2, 0) is 11.3 Å². The summed E-state index contributed by atoms with van der Waals surface area (Å²) in [6.45, 7) is 5.09. The van der Waals surface area contributed by atoms with Gasteiger partial charge in [-0.1, -0.05) is 26.7 Å². The molecule has 0 saturated carbocycles. The number of carbonyl (C=O) groups is 1. The minimum atomic E-state index is -0.488. The molecule has 84 valence electrons. The lowest BCUT2D eigenvalue weighted by molar-refractivity contribution is 0.0586. The van der Waals surface area contributed by atoms with Crippen LogP contribution in [0.1, 0.15) is 37.3 Å². The van der Waals surface area contributed by atoms with Crippen LogP contribution >= 0.6 is 0 Å². The first-order valence-corrected chi connectivity index (χ1v) is 5.19. The van der Waals surface area contributed by atoms with Crippen LogP contribution in [0.15, 0.2) is 6.33 Å². The summed E-state index contributed by atoms with van der Waals surface area (Å²) in [7, 11) is 1.32. The van der Waals surface area contributed by atoms with Crippen LogP contribution in [-0.4, -0.2) is 27.8 Å². The highest BCUT2D eigenvalue weighted by molar-refractivity contribution is 5.84. The number of methoxy groups -OCH3 is 1. The van der Waals surface area contributed by atoms with Gasteiger partial charge in [0.15, 0.2) is 0 Å². The molecule has 0 radical (unpaired) electrons. The number of nitrogens with zero attached hydrogens (tertiary/aromatic N) is 3. The first kappa shape index (κ1) is 11.7. The molecule has 15 heavy (non-hydrogen) atoms. The predicted molar refractivity (Wildman–Crippen MR) is 55.4 cm³/mol. The number of rotatable bonds is 5. The van der Waals surface area contributed by atoms with Gasteiger partial charge in [0.25, 0.3) is 5.82 Å². The monoisotopic (exact) mass is 211 g/mol. The molecule has 0 fully saturated rings. The van der Waals surface area contributed by atoms with Gasteiger partial charge in [0.1, 0.15) is 6.33 Å². The maximum atomic E-state index is 11.1. The second-order valence-electron chi connectivity index (χ2n) is 3.46. The number of hydrogen-bond acceptors (Lipinski definition) is 4. The SMILES string of the molecule is CCC(CC)Cn1cnc(C(=O)OC)n1. The van der Waals surface area contributed by atoms with Crippen LogP contribution in [0, 0.1) is 5.92 Å². The van der Waals surface area contributed by atoms with Crippen molar-refractivity contribution in [2.75, 3.05) is 7.11 Å². The highest BCUT2D eigenvalue weighted by Gasteiger charge is 2.12. The lowest BCUT2D eigenvalue weighted by Gasteiger charge is -2.10. The number of carbonyl (C=O) groups excluding carboxylic acids is 1. The number of hydrogen-bond donors (Lipinski definition) is 0. The molecule has 0 N–H and O–H groups in total. The molecule has 0 amide bonds. The lowest BCUT2D eigenvalue weighted by atomic mass is 10.0. The van der Waals surface area contributed by atoms with E-state index in [1.807, 2.05) is 0 Å². The Morgan fingerprint density at radius 2 is 2.20 bits per heavy atom. The number of ether oxygens (including phenoxy) is 1. The second-order valence-corrected chi connectivity index (χ2v) is 3.46. The van der Waals surface area contributed by atoms with Crippen molar-refractivity contribution in [1.29, 1.82) is 0 Å². The van der Waals surface area contributed by atoms with E-state index >= 15 is 0 Å². The van der Waals surface area contributed by atoms with E-state index in [0.717, 1.165) is 19.4 Å². The van der Waals surface area contributed by atoms with Crippen LogP contribution < -0.4 is 0 Å². The predicted octanol–water partition coefficient (Wildman–Crippen LogP) is 1.50. The maximum absolute atomic E-state index is 11.1. The van der Waals surface area contributed by atoms with Gasteiger partial charge in [0.05, 0.1) is 7.11 Å². The van der Waals surface area contributed by atoms with E-state index in [-0.39, 0.29) is 5.82 Å². The minimum absolute atomic E-state index is 0.128. The Morgan fingerprint density at radius 1 is 1.53 bits per heavy atom. The molecule has 0 unspecified atom stereocenters. The average molecular weight is 211 g/mol. The summed E-state index contributed by atoms with van der Waals surface area (Å²) in [5.41, 5.74) is 0. The standard InChI is InChI=1S/C10H17N3O2/c1-4-8(5-2)6-13-7-11-9(12-13)10(14)15-3/h7-8H,4-6H2,1-3H3. The molecule has 5 nitrogen and oxygen atoms in total. The van der Waals surface area contributed by atoms with E-state index in [1.165, 1.54) is 7.11 Å². The van der Waals surface area contributed by atoms with E-state index in [0.29, 0.717) is 5.92 Å². The van der Waals surface area contributed by atoms with Gasteiger partial charge in [0, 0.05) is 6.54 Å². The Hall–Kier alpha value is -1.39. The van der Waals surface area contributed by atoms with Gasteiger partial charge >= 0.3 is 5.97 Å². The van der Waals surface area contributed by atoms with Gasteiger partial charge in [-0.25, -0.2) is 9.78 Å². The van der Waals surface area contributed by atoms with Crippen LogP contribution in [0.3, 0.4) is 0 Å². The normalized spacial score (nSPS) is 10.7. The van der Waals surface area contributed by atoms with Gasteiger partial charge in [-0.3, -0.25) is 4.68 Å². The molecule has 0 saturated heterocycles. The maximum Gasteiger partial charge on any atom is 0.377 e. The quantitative estimate of drug-likeness (QED) is 0.692. The van der Waals surface area contributed by atoms with E-state index in [9.17, 15) is 4.79 Å². The zero-order chi connectivity index (χ0) is 11.3. The largest absolute Gasteiger partial charge is 0.463 e. The van der Waals surface area contributed by atoms with Gasteiger partial charge in [-0.15, -0.1) is 5.10 Å². The Kier molecular flexibility index (Phi) is 4.27. The summed E-state index contributed by atoms with van der Waals surface area (Å²) < 4.78 is 6.23. The summed E-state index contributed by atoms with van der Waals surface area (Å²) in [5, 5.41) is 4.05. The first-order valence-electron chi connectivity index (χ1n) is 5.19. The van der Waals surface area contributed by atoms with Crippen molar-refractivity contribution in [1.82, 2.24) is 14.8 Å². The van der Waals surface area contributed by atoms with Crippen molar-refractivity contribution >= 4 is 5.97 Å². The van der Waals surface area contributed by atoms with E-state index in [2.05, 4.69) is 28.7 Å². The molecule has 0 aliphatic heterocycles. The molecule has 1 aromatic heterocycles. The molecule has 1 heterocycles. The van der Waals surface area contributed by atoms with E-state index < -0.39 is 5.97 Å². The molecule has 0 aliphatic rings. The average Bonchev–Trinajstić information content (AvgIpc) is 2.73. The van der Waals surface area contributed by atoms with Crippen molar-refractivity contribution in [3.8, 4) is 0 Å². The highest BCUT2D eigenvalue weighted by atomic mass is 16.5. The zero-order valence-corrected chi connectivity index (χ0v) is 9.43. The van der Waals surface area contributed by atoms with Gasteiger partial charge in [-0.05, 0) is 5.92 Å². The van der Waals surface area contributed by atoms with Crippen molar-refractivity contribution in [2.24, 2.45) is 5.92 Å². The van der Waals surface area contributed by atoms with E-state index in [1.54, 1.807) is 11.0 Å². The lowest BCUT2D eigenvalue weighted by Crippen LogP contribution is -2.11. The molecular weight excluding hydrogens is 194 g/mol. The third kappa shape index (κ3) is 3.04. The van der Waals surface area contributed by atoms with Gasteiger partial charge in [-0.2, -0.15) is 0 Å². The molecule has 0 spiro atoms. The van der Waals surface area contributed by atoms with Crippen molar-refractivity contribution in [3.05, 3.63) is 12.2 Å². The van der Waals surface area contributed by atoms with Crippen LogP contribution in [0.5, 0.6) is 0 Å². The first-order chi connectivity index (χ1) is 7.21. The summed E-state index contributed by atoms with van der Waals surface area (Å²) in [6, 6.07) is 0. The highest BCUT2D eigenvalue weighted by Crippen LogP contribution is 2.09. The smallest absolute Gasteiger partial charge is 0.377 e. The van der Waals surface area contributed by atoms with Crippen LogP contribution in [0.4, 0.5) is 0 Å². The summed E-state index contributed by atoms with van der Waals surface area (Å²) in [6.07, 6.45) is 3.78. The Bertz CT molecular complexity index is 318. The number of esters is 1.